The maximum absolute atomic E-state index is 12.6. The van der Waals surface area contributed by atoms with Gasteiger partial charge in [-0.3, -0.25) is 0 Å². The Kier molecular flexibility index (Phi) is 4.78. The lowest BCUT2D eigenvalue weighted by atomic mass is 10.1. The van der Waals surface area contributed by atoms with Crippen LogP contribution in [-0.4, -0.2) is 4.98 Å². The fourth-order valence-electron chi connectivity index (χ4n) is 2.14. The van der Waals surface area contributed by atoms with E-state index in [2.05, 4.69) is 10.3 Å². The van der Waals surface area contributed by atoms with Gasteiger partial charge in [0.1, 0.15) is 5.82 Å². The van der Waals surface area contributed by atoms with E-state index in [1.54, 1.807) is 11.3 Å². The molecule has 1 aromatic carbocycles. The molecule has 0 aliphatic carbocycles. The van der Waals surface area contributed by atoms with E-state index in [1.807, 2.05) is 41.8 Å². The van der Waals surface area contributed by atoms with Crippen LogP contribution in [0.1, 0.15) is 11.1 Å². The smallest absolute Gasteiger partial charge is 0.365 e. The maximum atomic E-state index is 12.6. The monoisotopic (exact) mass is 368 g/mol. The quantitative estimate of drug-likeness (QED) is 0.602. The molecule has 0 spiro atoms. The Bertz CT molecular complexity index is 815. The van der Waals surface area contributed by atoms with Crippen molar-refractivity contribution in [2.75, 3.05) is 5.32 Å². The van der Waals surface area contributed by atoms with Gasteiger partial charge in [0.25, 0.3) is 0 Å². The zero-order chi connectivity index (χ0) is 17.2. The molecule has 1 N–H and O–H groups in total. The Hall–Kier alpha value is -2.05. The number of nitrogens with zero attached hydrogens (tertiary/aromatic N) is 1. The molecule has 124 valence electrons. The van der Waals surface area contributed by atoms with Crippen molar-refractivity contribution in [2.45, 2.75) is 12.7 Å². The van der Waals surface area contributed by atoms with Gasteiger partial charge in [0.15, 0.2) is 0 Å². The van der Waals surface area contributed by atoms with Crippen LogP contribution in [0.25, 0.3) is 10.4 Å². The number of hydrogen-bond donors (Lipinski definition) is 1. The Morgan fingerprint density at radius 1 is 1.12 bits per heavy atom. The number of nitrogens with one attached hydrogen (secondary N) is 1. The van der Waals surface area contributed by atoms with Crippen molar-refractivity contribution < 1.29 is 13.2 Å². The topological polar surface area (TPSA) is 24.9 Å². The Morgan fingerprint density at radius 3 is 2.46 bits per heavy atom. The summed E-state index contributed by atoms with van der Waals surface area (Å²) in [6.07, 6.45) is -3.68. The van der Waals surface area contributed by atoms with E-state index < -0.39 is 11.7 Å². The summed E-state index contributed by atoms with van der Waals surface area (Å²) in [7, 11) is 0. The number of halogens is 4. The molecule has 0 amide bonds. The highest BCUT2D eigenvalue weighted by Crippen LogP contribution is 2.32. The fourth-order valence-corrected chi connectivity index (χ4v) is 3.10. The third kappa shape index (κ3) is 3.88. The Balaban J connectivity index is 1.67. The summed E-state index contributed by atoms with van der Waals surface area (Å²) >= 11 is 7.53. The number of alkyl halides is 3. The maximum Gasteiger partial charge on any atom is 0.417 e. The molecule has 3 aromatic rings. The second-order valence-corrected chi connectivity index (χ2v) is 6.43. The molecule has 0 bridgehead atoms. The zero-order valence-corrected chi connectivity index (χ0v) is 13.8. The van der Waals surface area contributed by atoms with Crippen molar-refractivity contribution in [2.24, 2.45) is 0 Å². The summed E-state index contributed by atoms with van der Waals surface area (Å²) in [5.41, 5.74) is 1.24. The highest BCUT2D eigenvalue weighted by atomic mass is 35.5. The molecular formula is C17H12ClF3N2S. The molecule has 0 aliphatic heterocycles. The second-order valence-electron chi connectivity index (χ2n) is 5.08. The van der Waals surface area contributed by atoms with Crippen molar-refractivity contribution in [3.05, 3.63) is 70.2 Å². The van der Waals surface area contributed by atoms with Crippen LogP contribution in [0.15, 0.2) is 54.0 Å². The van der Waals surface area contributed by atoms with E-state index in [0.29, 0.717) is 6.54 Å². The van der Waals surface area contributed by atoms with Gasteiger partial charge in [-0.1, -0.05) is 41.9 Å². The van der Waals surface area contributed by atoms with Crippen LogP contribution in [-0.2, 0) is 12.7 Å². The molecule has 0 fully saturated rings. The summed E-state index contributed by atoms with van der Waals surface area (Å²) < 4.78 is 37.8. The number of anilines is 1. The SMILES string of the molecule is FC(F)(F)c1cnc(NCc2ccc(-c3cccs3)cc2)c(Cl)c1. The van der Waals surface area contributed by atoms with Gasteiger partial charge >= 0.3 is 6.18 Å². The Labute approximate surface area is 145 Å². The van der Waals surface area contributed by atoms with Gasteiger partial charge in [-0.25, -0.2) is 4.98 Å². The van der Waals surface area contributed by atoms with E-state index in [1.165, 1.54) is 4.88 Å². The molecule has 0 saturated carbocycles. The van der Waals surface area contributed by atoms with Crippen LogP contribution in [0.3, 0.4) is 0 Å². The van der Waals surface area contributed by atoms with Gasteiger partial charge in [0.2, 0.25) is 0 Å². The summed E-state index contributed by atoms with van der Waals surface area (Å²) in [4.78, 5) is 4.94. The van der Waals surface area contributed by atoms with Crippen molar-refractivity contribution in [1.82, 2.24) is 4.98 Å². The first kappa shape index (κ1) is 16.8. The number of aromatic nitrogens is 1. The second kappa shape index (κ2) is 6.83. The van der Waals surface area contributed by atoms with E-state index in [4.69, 9.17) is 11.6 Å². The molecular weight excluding hydrogens is 357 g/mol. The number of rotatable bonds is 4. The first-order valence-electron chi connectivity index (χ1n) is 7.03. The van der Waals surface area contributed by atoms with Gasteiger partial charge in [-0.15, -0.1) is 11.3 Å². The highest BCUT2D eigenvalue weighted by Gasteiger charge is 2.31. The van der Waals surface area contributed by atoms with E-state index in [-0.39, 0.29) is 10.8 Å². The van der Waals surface area contributed by atoms with Crippen LogP contribution in [0.2, 0.25) is 5.02 Å². The first-order valence-corrected chi connectivity index (χ1v) is 8.29. The van der Waals surface area contributed by atoms with Gasteiger partial charge < -0.3 is 5.32 Å². The number of benzene rings is 1. The van der Waals surface area contributed by atoms with Gasteiger partial charge in [0, 0.05) is 17.6 Å². The van der Waals surface area contributed by atoms with Crippen LogP contribution < -0.4 is 5.32 Å². The van der Waals surface area contributed by atoms with Crippen LogP contribution in [0.5, 0.6) is 0 Å². The molecule has 24 heavy (non-hydrogen) atoms. The normalized spacial score (nSPS) is 11.5. The molecule has 2 aromatic heterocycles. The van der Waals surface area contributed by atoms with Crippen molar-refractivity contribution in [3.8, 4) is 10.4 Å². The fraction of sp³-hybridized carbons (Fsp3) is 0.118. The molecule has 7 heteroatoms. The minimum Gasteiger partial charge on any atom is -0.365 e. The minimum atomic E-state index is -4.45. The predicted molar refractivity (Wildman–Crippen MR) is 91.3 cm³/mol. The molecule has 0 radical (unpaired) electrons. The van der Waals surface area contributed by atoms with Crippen LogP contribution in [0, 0.1) is 0 Å². The van der Waals surface area contributed by atoms with E-state index >= 15 is 0 Å². The van der Waals surface area contributed by atoms with Gasteiger partial charge in [-0.2, -0.15) is 13.2 Å². The highest BCUT2D eigenvalue weighted by molar-refractivity contribution is 7.13. The van der Waals surface area contributed by atoms with E-state index in [9.17, 15) is 13.2 Å². The minimum absolute atomic E-state index is 0.0555. The summed E-state index contributed by atoms with van der Waals surface area (Å²) in [6.45, 7) is 0.419. The average molecular weight is 369 g/mol. The Morgan fingerprint density at radius 2 is 1.88 bits per heavy atom. The molecule has 0 atom stereocenters. The third-order valence-corrected chi connectivity index (χ3v) is 4.60. The van der Waals surface area contributed by atoms with Crippen LogP contribution in [0.4, 0.5) is 19.0 Å². The summed E-state index contributed by atoms with van der Waals surface area (Å²) in [5.74, 6) is 0.229. The lowest BCUT2D eigenvalue weighted by molar-refractivity contribution is -0.137. The number of thiophene rings is 1. The molecule has 0 aliphatic rings. The standard InChI is InChI=1S/C17H12ClF3N2S/c18-14-8-13(17(19,20)21)10-23-16(14)22-9-11-3-5-12(6-4-11)15-2-1-7-24-15/h1-8,10H,9H2,(H,22,23). The molecule has 3 rings (SSSR count). The van der Waals surface area contributed by atoms with Crippen LogP contribution >= 0.6 is 22.9 Å². The summed E-state index contributed by atoms with van der Waals surface area (Å²) in [5, 5.41) is 4.92. The molecule has 0 saturated heterocycles. The lowest BCUT2D eigenvalue weighted by Crippen LogP contribution is -2.08. The predicted octanol–water partition coefficient (Wildman–Crippen LogP) is 6.09. The first-order chi connectivity index (χ1) is 11.4. The number of pyridine rings is 1. The summed E-state index contributed by atoms with van der Waals surface area (Å²) in [6, 6.07) is 12.8. The zero-order valence-electron chi connectivity index (χ0n) is 12.3. The largest absolute Gasteiger partial charge is 0.417 e. The van der Waals surface area contributed by atoms with Crippen molar-refractivity contribution >= 4 is 28.8 Å². The van der Waals surface area contributed by atoms with Crippen molar-refractivity contribution in [1.29, 1.82) is 0 Å². The van der Waals surface area contributed by atoms with Crippen molar-refractivity contribution in [3.63, 3.8) is 0 Å². The van der Waals surface area contributed by atoms with Gasteiger partial charge in [-0.05, 0) is 28.6 Å². The molecule has 2 nitrogen and oxygen atoms in total. The van der Waals surface area contributed by atoms with Gasteiger partial charge in [0.05, 0.1) is 10.6 Å². The van der Waals surface area contributed by atoms with E-state index in [0.717, 1.165) is 23.4 Å². The third-order valence-electron chi connectivity index (χ3n) is 3.39. The average Bonchev–Trinajstić information content (AvgIpc) is 3.08. The number of hydrogen-bond acceptors (Lipinski definition) is 3. The molecule has 0 unspecified atom stereocenters. The molecule has 2 heterocycles. The lowest BCUT2D eigenvalue weighted by Gasteiger charge is -2.11.